The molecule has 2 atom stereocenters. The molecule has 2 aromatic heterocycles. The maximum absolute atomic E-state index is 6.17. The predicted molar refractivity (Wildman–Crippen MR) is 69.8 cm³/mol. The summed E-state index contributed by atoms with van der Waals surface area (Å²) in [5.74, 6) is 0. The second kappa shape index (κ2) is 5.52. The summed E-state index contributed by atoms with van der Waals surface area (Å²) in [4.78, 5) is 8.66. The highest BCUT2D eigenvalue weighted by molar-refractivity contribution is 7.99. The Labute approximate surface area is 103 Å². The lowest BCUT2D eigenvalue weighted by Crippen LogP contribution is -2.25. The maximum Gasteiger partial charge on any atom is 0.165 e. The van der Waals surface area contributed by atoms with Gasteiger partial charge < -0.3 is 10.7 Å². The van der Waals surface area contributed by atoms with Gasteiger partial charge in [-0.3, -0.25) is 0 Å². The van der Waals surface area contributed by atoms with Crippen molar-refractivity contribution in [3.8, 4) is 0 Å². The van der Waals surface area contributed by atoms with E-state index in [1.807, 2.05) is 6.20 Å². The molecule has 3 N–H and O–H groups in total. The van der Waals surface area contributed by atoms with Crippen LogP contribution < -0.4 is 5.73 Å². The predicted octanol–water partition coefficient (Wildman–Crippen LogP) is 3.04. The van der Waals surface area contributed by atoms with Crippen molar-refractivity contribution in [3.63, 3.8) is 0 Å². The van der Waals surface area contributed by atoms with Gasteiger partial charge in [0.05, 0.1) is 5.25 Å². The van der Waals surface area contributed by atoms with Gasteiger partial charge in [-0.05, 0) is 17.9 Å². The Hall–Kier alpha value is -0.780. The summed E-state index contributed by atoms with van der Waals surface area (Å²) < 4.78 is 0. The Morgan fingerprint density at radius 1 is 1.62 bits per heavy atom. The number of imidazole rings is 1. The van der Waals surface area contributed by atoms with Crippen molar-refractivity contribution in [1.29, 1.82) is 0 Å². The molecule has 16 heavy (non-hydrogen) atoms. The molecule has 0 fully saturated rings. The number of aromatic nitrogens is 2. The third kappa shape index (κ3) is 2.66. The minimum atomic E-state index is 0.161. The summed E-state index contributed by atoms with van der Waals surface area (Å²) in [5, 5.41) is 3.31. The van der Waals surface area contributed by atoms with Crippen LogP contribution >= 0.6 is 23.1 Å². The van der Waals surface area contributed by atoms with E-state index in [1.54, 1.807) is 29.3 Å². The molecule has 3 nitrogen and oxygen atoms in total. The van der Waals surface area contributed by atoms with E-state index in [0.717, 1.165) is 11.6 Å². The van der Waals surface area contributed by atoms with E-state index in [4.69, 9.17) is 5.73 Å². The van der Waals surface area contributed by atoms with Crippen molar-refractivity contribution in [1.82, 2.24) is 9.97 Å². The zero-order valence-corrected chi connectivity index (χ0v) is 10.7. The number of thioether (sulfide) groups is 1. The number of nitrogens with two attached hydrogens (primary N) is 1. The third-order valence-electron chi connectivity index (χ3n) is 2.40. The second-order valence-electron chi connectivity index (χ2n) is 3.52. The number of hydrogen-bond acceptors (Lipinski definition) is 4. The van der Waals surface area contributed by atoms with E-state index in [1.165, 1.54) is 4.88 Å². The Bertz CT molecular complexity index is 397. The van der Waals surface area contributed by atoms with Crippen molar-refractivity contribution >= 4 is 23.1 Å². The molecule has 0 aliphatic heterocycles. The van der Waals surface area contributed by atoms with Crippen molar-refractivity contribution in [2.24, 2.45) is 5.73 Å². The van der Waals surface area contributed by atoms with Gasteiger partial charge in [0.1, 0.15) is 0 Å². The summed E-state index contributed by atoms with van der Waals surface area (Å²) in [6.07, 6.45) is 4.58. The molecule has 0 saturated carbocycles. The lowest BCUT2D eigenvalue weighted by atomic mass is 10.1. The Morgan fingerprint density at radius 3 is 3.06 bits per heavy atom. The van der Waals surface area contributed by atoms with E-state index in [-0.39, 0.29) is 11.3 Å². The first-order valence-electron chi connectivity index (χ1n) is 5.26. The third-order valence-corrected chi connectivity index (χ3v) is 4.80. The molecular weight excluding hydrogens is 238 g/mol. The fourth-order valence-electron chi connectivity index (χ4n) is 1.46. The van der Waals surface area contributed by atoms with Gasteiger partial charge in [-0.1, -0.05) is 24.8 Å². The van der Waals surface area contributed by atoms with Crippen LogP contribution in [0.2, 0.25) is 0 Å². The molecule has 0 aliphatic rings. The van der Waals surface area contributed by atoms with Crippen LogP contribution in [-0.4, -0.2) is 16.0 Å². The van der Waals surface area contributed by atoms with Crippen LogP contribution in [0.3, 0.4) is 0 Å². The number of nitrogens with one attached hydrogen (secondary N) is 1. The van der Waals surface area contributed by atoms with E-state index >= 15 is 0 Å². The molecule has 2 aromatic rings. The van der Waals surface area contributed by atoms with Gasteiger partial charge in [0.25, 0.3) is 0 Å². The quantitative estimate of drug-likeness (QED) is 0.805. The Kier molecular flexibility index (Phi) is 4.04. The van der Waals surface area contributed by atoms with Gasteiger partial charge in [-0.15, -0.1) is 11.3 Å². The van der Waals surface area contributed by atoms with Gasteiger partial charge >= 0.3 is 0 Å². The molecule has 2 rings (SSSR count). The van der Waals surface area contributed by atoms with Crippen LogP contribution in [0.4, 0.5) is 0 Å². The number of thiophene rings is 1. The molecule has 0 spiro atoms. The van der Waals surface area contributed by atoms with Crippen LogP contribution in [0.1, 0.15) is 23.5 Å². The number of aromatic amines is 1. The van der Waals surface area contributed by atoms with Crippen molar-refractivity contribution < 1.29 is 0 Å². The molecule has 0 amide bonds. The number of hydrogen-bond donors (Lipinski definition) is 2. The lowest BCUT2D eigenvalue weighted by molar-refractivity contribution is 0.638. The number of nitrogens with zero attached hydrogens (tertiary/aromatic N) is 1. The first kappa shape index (κ1) is 11.7. The standard InChI is InChI=1S/C11H15N3S2/c1-2-8(12)10(9-4-3-7-15-9)16-11-13-5-6-14-11/h3-8,10H,2,12H2,1H3,(H,13,14). The summed E-state index contributed by atoms with van der Waals surface area (Å²) in [5.41, 5.74) is 6.17. The van der Waals surface area contributed by atoms with Crippen LogP contribution in [0.15, 0.2) is 35.1 Å². The average Bonchev–Trinajstić information content (AvgIpc) is 2.97. The summed E-state index contributed by atoms with van der Waals surface area (Å²) in [7, 11) is 0. The number of rotatable bonds is 5. The molecule has 0 saturated heterocycles. The first-order valence-corrected chi connectivity index (χ1v) is 7.02. The fourth-order valence-corrected chi connectivity index (χ4v) is 3.61. The topological polar surface area (TPSA) is 54.7 Å². The van der Waals surface area contributed by atoms with Gasteiger partial charge in [-0.25, -0.2) is 4.98 Å². The summed E-state index contributed by atoms with van der Waals surface area (Å²) in [6, 6.07) is 4.37. The summed E-state index contributed by atoms with van der Waals surface area (Å²) >= 11 is 3.46. The zero-order valence-electron chi connectivity index (χ0n) is 9.09. The SMILES string of the molecule is CCC(N)C(Sc1ncc[nH]1)c1cccs1. The Morgan fingerprint density at radius 2 is 2.50 bits per heavy atom. The highest BCUT2D eigenvalue weighted by Gasteiger charge is 2.21. The van der Waals surface area contributed by atoms with Gasteiger partial charge in [0, 0.05) is 23.3 Å². The van der Waals surface area contributed by atoms with E-state index in [2.05, 4.69) is 34.4 Å². The van der Waals surface area contributed by atoms with Gasteiger partial charge in [0.2, 0.25) is 0 Å². The van der Waals surface area contributed by atoms with Crippen molar-refractivity contribution in [2.45, 2.75) is 29.8 Å². The molecule has 2 unspecified atom stereocenters. The van der Waals surface area contributed by atoms with Crippen LogP contribution in [0.25, 0.3) is 0 Å². The molecule has 86 valence electrons. The second-order valence-corrected chi connectivity index (χ2v) is 5.63. The molecular formula is C11H15N3S2. The molecule has 0 bridgehead atoms. The van der Waals surface area contributed by atoms with E-state index < -0.39 is 0 Å². The zero-order chi connectivity index (χ0) is 11.4. The highest BCUT2D eigenvalue weighted by atomic mass is 32.2. The largest absolute Gasteiger partial charge is 0.340 e. The lowest BCUT2D eigenvalue weighted by Gasteiger charge is -2.19. The monoisotopic (exact) mass is 253 g/mol. The van der Waals surface area contributed by atoms with Crippen LogP contribution in [0, 0.1) is 0 Å². The van der Waals surface area contributed by atoms with E-state index in [9.17, 15) is 0 Å². The minimum Gasteiger partial charge on any atom is -0.340 e. The molecule has 5 heteroatoms. The van der Waals surface area contributed by atoms with Crippen molar-refractivity contribution in [3.05, 3.63) is 34.8 Å². The molecule has 2 heterocycles. The van der Waals surface area contributed by atoms with Crippen LogP contribution in [0.5, 0.6) is 0 Å². The molecule has 0 aliphatic carbocycles. The maximum atomic E-state index is 6.17. The first-order chi connectivity index (χ1) is 7.81. The van der Waals surface area contributed by atoms with Crippen molar-refractivity contribution in [2.75, 3.05) is 0 Å². The van der Waals surface area contributed by atoms with E-state index in [0.29, 0.717) is 0 Å². The Balaban J connectivity index is 2.15. The minimum absolute atomic E-state index is 0.161. The fraction of sp³-hybridized carbons (Fsp3) is 0.364. The van der Waals surface area contributed by atoms with Crippen LogP contribution in [-0.2, 0) is 0 Å². The highest BCUT2D eigenvalue weighted by Crippen LogP contribution is 2.38. The normalized spacial score (nSPS) is 14.9. The number of H-pyrrole nitrogens is 1. The smallest absolute Gasteiger partial charge is 0.165 e. The summed E-state index contributed by atoms with van der Waals surface area (Å²) in [6.45, 7) is 2.12. The average molecular weight is 253 g/mol. The molecule has 0 radical (unpaired) electrons. The molecule has 0 aromatic carbocycles. The van der Waals surface area contributed by atoms with Gasteiger partial charge in [0.15, 0.2) is 5.16 Å². The van der Waals surface area contributed by atoms with Gasteiger partial charge in [-0.2, -0.15) is 0 Å².